The van der Waals surface area contributed by atoms with Gasteiger partial charge in [-0.1, -0.05) is 84.4 Å². The molecule has 3 rings (SSSR count). The second-order valence-electron chi connectivity index (χ2n) is 6.59. The molecule has 1 nitrogen and oxygen atoms in total. The molecular weight excluding hydrogens is 321 g/mol. The first-order chi connectivity index (χ1) is 12.7. The number of rotatable bonds is 7. The molecule has 0 unspecified atom stereocenters. The Morgan fingerprint density at radius 3 is 2.04 bits per heavy atom. The largest absolute Gasteiger partial charge is 0.291 e. The second-order valence-corrected chi connectivity index (χ2v) is 6.59. The maximum Gasteiger partial charge on any atom is 0.123 e. The van der Waals surface area contributed by atoms with E-state index in [4.69, 9.17) is 0 Å². The van der Waals surface area contributed by atoms with E-state index in [9.17, 15) is 4.39 Å². The molecule has 0 spiro atoms. The summed E-state index contributed by atoms with van der Waals surface area (Å²) in [7, 11) is 0. The minimum atomic E-state index is -0.192. The molecule has 0 atom stereocenters. The summed E-state index contributed by atoms with van der Waals surface area (Å²) in [5, 5.41) is 0. The van der Waals surface area contributed by atoms with Crippen LogP contribution in [0.15, 0.2) is 84.9 Å². The third-order valence-corrected chi connectivity index (χ3v) is 4.32. The summed E-state index contributed by atoms with van der Waals surface area (Å²) in [5.74, 6) is -0.192. The molecule has 0 saturated heterocycles. The van der Waals surface area contributed by atoms with Gasteiger partial charge in [0.1, 0.15) is 5.82 Å². The molecule has 0 aliphatic rings. The minimum Gasteiger partial charge on any atom is -0.291 e. The SMILES string of the molecule is Cc1ccc(/C=C/CN(Cc2ccccc2)Cc2ccc(F)cc2)cc1. The predicted molar refractivity (Wildman–Crippen MR) is 107 cm³/mol. The van der Waals surface area contributed by atoms with Gasteiger partial charge in [0, 0.05) is 19.6 Å². The summed E-state index contributed by atoms with van der Waals surface area (Å²) in [5.41, 5.74) is 4.87. The van der Waals surface area contributed by atoms with Crippen LogP contribution in [0.3, 0.4) is 0 Å². The molecule has 0 aliphatic heterocycles. The fourth-order valence-corrected chi connectivity index (χ4v) is 2.89. The standard InChI is InChI=1S/C24H24FN/c1-20-9-11-21(12-10-20)8-5-17-26(18-22-6-3-2-4-7-22)19-23-13-15-24(25)16-14-23/h2-16H,17-19H2,1H3/b8-5+. The molecule has 0 bridgehead atoms. The Balaban J connectivity index is 1.69. The highest BCUT2D eigenvalue weighted by molar-refractivity contribution is 5.49. The number of hydrogen-bond donors (Lipinski definition) is 0. The van der Waals surface area contributed by atoms with Gasteiger partial charge < -0.3 is 0 Å². The van der Waals surface area contributed by atoms with Crippen LogP contribution in [0.2, 0.25) is 0 Å². The van der Waals surface area contributed by atoms with Gasteiger partial charge in [-0.15, -0.1) is 0 Å². The van der Waals surface area contributed by atoms with E-state index in [-0.39, 0.29) is 5.82 Å². The van der Waals surface area contributed by atoms with Crippen LogP contribution in [0.1, 0.15) is 22.3 Å². The molecule has 0 saturated carbocycles. The van der Waals surface area contributed by atoms with E-state index in [1.807, 2.05) is 18.2 Å². The first-order valence-electron chi connectivity index (χ1n) is 8.93. The molecule has 132 valence electrons. The van der Waals surface area contributed by atoms with Gasteiger partial charge in [-0.05, 0) is 35.7 Å². The van der Waals surface area contributed by atoms with Crippen molar-refractivity contribution < 1.29 is 4.39 Å². The molecule has 0 radical (unpaired) electrons. The molecule has 0 amide bonds. The predicted octanol–water partition coefficient (Wildman–Crippen LogP) is 5.85. The summed E-state index contributed by atoms with van der Waals surface area (Å²) in [6.07, 6.45) is 4.35. The van der Waals surface area contributed by atoms with Gasteiger partial charge in [0.05, 0.1) is 0 Å². The Labute approximate surface area is 155 Å². The van der Waals surface area contributed by atoms with Gasteiger partial charge >= 0.3 is 0 Å². The molecule has 0 aromatic heterocycles. The highest BCUT2D eigenvalue weighted by Crippen LogP contribution is 2.12. The minimum absolute atomic E-state index is 0.192. The van der Waals surface area contributed by atoms with Crippen molar-refractivity contribution in [2.24, 2.45) is 0 Å². The number of aryl methyl sites for hydroxylation is 1. The summed E-state index contributed by atoms with van der Waals surface area (Å²) in [4.78, 5) is 2.35. The molecule has 26 heavy (non-hydrogen) atoms. The highest BCUT2D eigenvalue weighted by atomic mass is 19.1. The van der Waals surface area contributed by atoms with E-state index in [1.165, 1.54) is 28.8 Å². The molecule has 3 aromatic carbocycles. The van der Waals surface area contributed by atoms with E-state index in [1.54, 1.807) is 0 Å². The highest BCUT2D eigenvalue weighted by Gasteiger charge is 2.06. The monoisotopic (exact) mass is 345 g/mol. The van der Waals surface area contributed by atoms with Crippen LogP contribution in [-0.4, -0.2) is 11.4 Å². The van der Waals surface area contributed by atoms with Crippen molar-refractivity contribution in [3.05, 3.63) is 113 Å². The van der Waals surface area contributed by atoms with E-state index in [0.717, 1.165) is 25.2 Å². The van der Waals surface area contributed by atoms with Crippen molar-refractivity contribution in [1.29, 1.82) is 0 Å². The molecule has 2 heteroatoms. The topological polar surface area (TPSA) is 3.24 Å². The summed E-state index contributed by atoms with van der Waals surface area (Å²) >= 11 is 0. The lowest BCUT2D eigenvalue weighted by molar-refractivity contribution is 0.286. The van der Waals surface area contributed by atoms with Crippen LogP contribution in [0.4, 0.5) is 4.39 Å². The lowest BCUT2D eigenvalue weighted by atomic mass is 10.1. The molecule has 3 aromatic rings. The number of benzene rings is 3. The third-order valence-electron chi connectivity index (χ3n) is 4.32. The van der Waals surface area contributed by atoms with Crippen LogP contribution in [0.5, 0.6) is 0 Å². The maximum atomic E-state index is 13.2. The number of nitrogens with zero attached hydrogens (tertiary/aromatic N) is 1. The van der Waals surface area contributed by atoms with Crippen molar-refractivity contribution >= 4 is 6.08 Å². The van der Waals surface area contributed by atoms with Gasteiger partial charge in [-0.25, -0.2) is 4.39 Å². The number of halogens is 1. The molecular formula is C24H24FN. The van der Waals surface area contributed by atoms with Gasteiger partial charge in [-0.3, -0.25) is 4.90 Å². The van der Waals surface area contributed by atoms with E-state index >= 15 is 0 Å². The fraction of sp³-hybridized carbons (Fsp3) is 0.167. The Kier molecular flexibility index (Phi) is 6.34. The summed E-state index contributed by atoms with van der Waals surface area (Å²) in [6, 6.07) is 25.7. The Bertz CT molecular complexity index is 820. The molecule has 0 N–H and O–H groups in total. The van der Waals surface area contributed by atoms with Crippen molar-refractivity contribution in [3.8, 4) is 0 Å². The van der Waals surface area contributed by atoms with E-state index in [0.29, 0.717) is 0 Å². The first kappa shape index (κ1) is 18.1. The number of hydrogen-bond acceptors (Lipinski definition) is 1. The Morgan fingerprint density at radius 2 is 1.38 bits per heavy atom. The van der Waals surface area contributed by atoms with Gasteiger partial charge in [-0.2, -0.15) is 0 Å². The quantitative estimate of drug-likeness (QED) is 0.519. The van der Waals surface area contributed by atoms with Crippen LogP contribution in [0.25, 0.3) is 6.08 Å². The fourth-order valence-electron chi connectivity index (χ4n) is 2.89. The van der Waals surface area contributed by atoms with Crippen molar-refractivity contribution in [1.82, 2.24) is 4.90 Å². The van der Waals surface area contributed by atoms with Gasteiger partial charge in [0.15, 0.2) is 0 Å². The normalized spacial score (nSPS) is 11.3. The molecule has 0 fully saturated rings. The Hall–Kier alpha value is -2.71. The molecule has 0 heterocycles. The van der Waals surface area contributed by atoms with Crippen LogP contribution >= 0.6 is 0 Å². The maximum absolute atomic E-state index is 13.2. The lowest BCUT2D eigenvalue weighted by Gasteiger charge is -2.21. The lowest BCUT2D eigenvalue weighted by Crippen LogP contribution is -2.22. The summed E-state index contributed by atoms with van der Waals surface area (Å²) in [6.45, 7) is 4.57. The average molecular weight is 345 g/mol. The van der Waals surface area contributed by atoms with Crippen molar-refractivity contribution in [2.75, 3.05) is 6.54 Å². The van der Waals surface area contributed by atoms with E-state index < -0.39 is 0 Å². The zero-order chi connectivity index (χ0) is 18.2. The van der Waals surface area contributed by atoms with Crippen LogP contribution in [-0.2, 0) is 13.1 Å². The summed E-state index contributed by atoms with van der Waals surface area (Å²) < 4.78 is 13.2. The van der Waals surface area contributed by atoms with Crippen LogP contribution < -0.4 is 0 Å². The molecule has 0 aliphatic carbocycles. The second kappa shape index (κ2) is 9.12. The smallest absolute Gasteiger partial charge is 0.123 e. The Morgan fingerprint density at radius 1 is 0.769 bits per heavy atom. The third kappa shape index (κ3) is 5.68. The van der Waals surface area contributed by atoms with Crippen molar-refractivity contribution in [2.45, 2.75) is 20.0 Å². The first-order valence-corrected chi connectivity index (χ1v) is 8.93. The zero-order valence-electron chi connectivity index (χ0n) is 15.1. The van der Waals surface area contributed by atoms with Gasteiger partial charge in [0.2, 0.25) is 0 Å². The van der Waals surface area contributed by atoms with Crippen molar-refractivity contribution in [3.63, 3.8) is 0 Å². The zero-order valence-corrected chi connectivity index (χ0v) is 15.1. The van der Waals surface area contributed by atoms with Crippen LogP contribution in [0, 0.1) is 12.7 Å². The van der Waals surface area contributed by atoms with E-state index in [2.05, 4.69) is 72.5 Å². The van der Waals surface area contributed by atoms with Gasteiger partial charge in [0.25, 0.3) is 0 Å². The average Bonchev–Trinajstić information content (AvgIpc) is 2.66.